The van der Waals surface area contributed by atoms with E-state index >= 15 is 0 Å². The molecule has 0 fully saturated rings. The van der Waals surface area contributed by atoms with Gasteiger partial charge in [-0.2, -0.15) is 0 Å². The molecular formula is C14H16N4O4S2. The molecule has 24 heavy (non-hydrogen) atoms. The Bertz CT molecular complexity index is 861. The maximum absolute atomic E-state index is 12.1. The van der Waals surface area contributed by atoms with Crippen LogP contribution < -0.4 is 15.4 Å². The number of carbonyl (C=O) groups excluding carboxylic acids is 2. The number of thiazole rings is 1. The molecule has 1 heterocycles. The lowest BCUT2D eigenvalue weighted by Gasteiger charge is -2.09. The number of amides is 2. The maximum atomic E-state index is 12.1. The number of sulfonamides is 1. The van der Waals surface area contributed by atoms with Crippen LogP contribution in [0.2, 0.25) is 0 Å². The van der Waals surface area contributed by atoms with Gasteiger partial charge in [0, 0.05) is 12.4 Å². The number of hydrogen-bond acceptors (Lipinski definition) is 6. The van der Waals surface area contributed by atoms with Crippen molar-refractivity contribution in [3.8, 4) is 0 Å². The summed E-state index contributed by atoms with van der Waals surface area (Å²) in [5, 5.41) is 6.96. The van der Waals surface area contributed by atoms with Crippen LogP contribution in [-0.4, -0.2) is 38.5 Å². The molecule has 1 aromatic carbocycles. The Labute approximate surface area is 143 Å². The number of anilines is 2. The first-order chi connectivity index (χ1) is 11.3. The summed E-state index contributed by atoms with van der Waals surface area (Å²) in [7, 11) is -1.90. The molecule has 1 aromatic heterocycles. The number of rotatable bonds is 6. The van der Waals surface area contributed by atoms with Crippen LogP contribution in [0.25, 0.3) is 0 Å². The Morgan fingerprint density at radius 2 is 1.96 bits per heavy atom. The maximum Gasteiger partial charge on any atom is 0.253 e. The summed E-state index contributed by atoms with van der Waals surface area (Å²) < 4.78 is 24.5. The molecule has 8 nitrogen and oxygen atoms in total. The molecular weight excluding hydrogens is 352 g/mol. The van der Waals surface area contributed by atoms with Gasteiger partial charge in [0.2, 0.25) is 15.9 Å². The first-order valence-electron chi connectivity index (χ1n) is 6.81. The van der Waals surface area contributed by atoms with E-state index in [2.05, 4.69) is 20.3 Å². The highest BCUT2D eigenvalue weighted by molar-refractivity contribution is 7.92. The van der Waals surface area contributed by atoms with Crippen LogP contribution in [0, 0.1) is 0 Å². The van der Waals surface area contributed by atoms with Gasteiger partial charge in [0.1, 0.15) is 0 Å². The van der Waals surface area contributed by atoms with Crippen LogP contribution in [0.5, 0.6) is 0 Å². The molecule has 0 spiro atoms. The van der Waals surface area contributed by atoms with E-state index in [4.69, 9.17) is 0 Å². The lowest BCUT2D eigenvalue weighted by Crippen LogP contribution is -2.22. The lowest BCUT2D eigenvalue weighted by atomic mass is 10.1. The molecule has 0 bridgehead atoms. The fourth-order valence-electron chi connectivity index (χ4n) is 1.88. The van der Waals surface area contributed by atoms with Gasteiger partial charge in [-0.15, -0.1) is 11.3 Å². The van der Waals surface area contributed by atoms with Crippen LogP contribution in [0.3, 0.4) is 0 Å². The van der Waals surface area contributed by atoms with Crippen molar-refractivity contribution in [2.45, 2.75) is 6.42 Å². The normalized spacial score (nSPS) is 10.9. The molecule has 2 rings (SSSR count). The third-order valence-corrected chi connectivity index (χ3v) is 4.34. The average Bonchev–Trinajstić information content (AvgIpc) is 2.91. The van der Waals surface area contributed by atoms with Gasteiger partial charge >= 0.3 is 0 Å². The van der Waals surface area contributed by atoms with Crippen LogP contribution in [-0.2, 0) is 21.2 Å². The SMILES string of the molecule is CNC(=O)c1ccccc1NC(=O)Cc1csc(NS(C)(=O)=O)n1. The summed E-state index contributed by atoms with van der Waals surface area (Å²) in [6, 6.07) is 6.63. The van der Waals surface area contributed by atoms with Gasteiger partial charge < -0.3 is 10.6 Å². The standard InChI is InChI=1S/C14H16N4O4S2/c1-15-13(20)10-5-3-4-6-11(10)17-12(19)7-9-8-23-14(16-9)18-24(2,21)22/h3-6,8H,7H2,1-2H3,(H,15,20)(H,16,18)(H,17,19). The number of aromatic nitrogens is 1. The van der Waals surface area contributed by atoms with E-state index in [9.17, 15) is 18.0 Å². The van der Waals surface area contributed by atoms with Crippen molar-refractivity contribution in [1.29, 1.82) is 0 Å². The quantitative estimate of drug-likeness (QED) is 0.705. The summed E-state index contributed by atoms with van der Waals surface area (Å²) in [5.41, 5.74) is 1.18. The van der Waals surface area contributed by atoms with E-state index in [0.717, 1.165) is 17.6 Å². The van der Waals surface area contributed by atoms with E-state index in [1.807, 2.05) is 0 Å². The Hall–Kier alpha value is -2.46. The van der Waals surface area contributed by atoms with Gasteiger partial charge in [-0.3, -0.25) is 14.3 Å². The summed E-state index contributed by atoms with van der Waals surface area (Å²) in [6.45, 7) is 0. The second-order valence-corrected chi connectivity index (χ2v) is 7.47. The van der Waals surface area contributed by atoms with Crippen molar-refractivity contribution in [2.75, 3.05) is 23.3 Å². The number of nitrogens with zero attached hydrogens (tertiary/aromatic N) is 1. The molecule has 0 saturated heterocycles. The van der Waals surface area contributed by atoms with E-state index in [-0.39, 0.29) is 23.4 Å². The molecule has 0 aliphatic carbocycles. The van der Waals surface area contributed by atoms with Gasteiger partial charge in [0.15, 0.2) is 5.13 Å². The Balaban J connectivity index is 2.06. The zero-order valence-electron chi connectivity index (χ0n) is 13.0. The minimum absolute atomic E-state index is 0.0377. The number of carbonyl (C=O) groups is 2. The molecule has 10 heteroatoms. The zero-order chi connectivity index (χ0) is 17.7. The first-order valence-corrected chi connectivity index (χ1v) is 9.59. The highest BCUT2D eigenvalue weighted by Gasteiger charge is 2.14. The number of nitrogens with one attached hydrogen (secondary N) is 3. The largest absolute Gasteiger partial charge is 0.355 e. The van der Waals surface area contributed by atoms with Crippen molar-refractivity contribution in [1.82, 2.24) is 10.3 Å². The summed E-state index contributed by atoms with van der Waals surface area (Å²) in [6.07, 6.45) is 0.987. The second-order valence-electron chi connectivity index (χ2n) is 4.87. The van der Waals surface area contributed by atoms with Gasteiger partial charge in [-0.05, 0) is 12.1 Å². The highest BCUT2D eigenvalue weighted by atomic mass is 32.2. The van der Waals surface area contributed by atoms with E-state index in [1.165, 1.54) is 7.05 Å². The predicted molar refractivity (Wildman–Crippen MR) is 92.7 cm³/mol. The van der Waals surface area contributed by atoms with E-state index < -0.39 is 10.0 Å². The predicted octanol–water partition coefficient (Wildman–Crippen LogP) is 1.06. The molecule has 0 atom stereocenters. The molecule has 2 amide bonds. The monoisotopic (exact) mass is 368 g/mol. The Kier molecular flexibility index (Phi) is 5.52. The minimum Gasteiger partial charge on any atom is -0.355 e. The molecule has 128 valence electrons. The molecule has 0 saturated carbocycles. The first kappa shape index (κ1) is 17.9. The molecule has 2 aromatic rings. The van der Waals surface area contributed by atoms with Crippen LogP contribution in [0.15, 0.2) is 29.6 Å². The third-order valence-electron chi connectivity index (χ3n) is 2.84. The van der Waals surface area contributed by atoms with Gasteiger partial charge in [0.25, 0.3) is 5.91 Å². The average molecular weight is 368 g/mol. The van der Waals surface area contributed by atoms with Crippen molar-refractivity contribution < 1.29 is 18.0 Å². The van der Waals surface area contributed by atoms with E-state index in [0.29, 0.717) is 16.9 Å². The molecule has 0 radical (unpaired) electrons. The zero-order valence-corrected chi connectivity index (χ0v) is 14.6. The number of para-hydroxylation sites is 1. The minimum atomic E-state index is -3.41. The van der Waals surface area contributed by atoms with Gasteiger partial charge in [-0.25, -0.2) is 13.4 Å². The number of hydrogen-bond donors (Lipinski definition) is 3. The molecule has 0 aliphatic rings. The van der Waals surface area contributed by atoms with Gasteiger partial charge in [-0.1, -0.05) is 12.1 Å². The van der Waals surface area contributed by atoms with Crippen molar-refractivity contribution in [2.24, 2.45) is 0 Å². The van der Waals surface area contributed by atoms with Gasteiger partial charge in [0.05, 0.1) is 29.6 Å². The smallest absolute Gasteiger partial charge is 0.253 e. The van der Waals surface area contributed by atoms with Crippen LogP contribution in [0.4, 0.5) is 10.8 Å². The molecule has 0 unspecified atom stereocenters. The van der Waals surface area contributed by atoms with Crippen molar-refractivity contribution >= 4 is 44.0 Å². The highest BCUT2D eigenvalue weighted by Crippen LogP contribution is 2.18. The van der Waals surface area contributed by atoms with Crippen molar-refractivity contribution in [3.63, 3.8) is 0 Å². The van der Waals surface area contributed by atoms with Crippen LogP contribution in [0.1, 0.15) is 16.1 Å². The Morgan fingerprint density at radius 3 is 2.62 bits per heavy atom. The molecule has 3 N–H and O–H groups in total. The van der Waals surface area contributed by atoms with Crippen molar-refractivity contribution in [3.05, 3.63) is 40.9 Å². The fraction of sp³-hybridized carbons (Fsp3) is 0.214. The second kappa shape index (κ2) is 7.41. The number of benzene rings is 1. The van der Waals surface area contributed by atoms with E-state index in [1.54, 1.807) is 29.6 Å². The van der Waals surface area contributed by atoms with Crippen LogP contribution >= 0.6 is 11.3 Å². The third kappa shape index (κ3) is 5.03. The molecule has 0 aliphatic heterocycles. The Morgan fingerprint density at radius 1 is 1.25 bits per heavy atom. The lowest BCUT2D eigenvalue weighted by molar-refractivity contribution is -0.115. The summed E-state index contributed by atoms with van der Waals surface area (Å²) in [5.74, 6) is -0.665. The fourth-order valence-corrected chi connectivity index (χ4v) is 3.44. The topological polar surface area (TPSA) is 117 Å². The summed E-state index contributed by atoms with van der Waals surface area (Å²) >= 11 is 1.09. The summed E-state index contributed by atoms with van der Waals surface area (Å²) in [4.78, 5) is 27.9.